The molecule has 0 N–H and O–H groups in total. The maximum Gasteiger partial charge on any atom is 0.161 e. The minimum Gasteiger partial charge on any atom is -0.493 e. The van der Waals surface area contributed by atoms with Gasteiger partial charge in [0, 0.05) is 0 Å². The van der Waals surface area contributed by atoms with Gasteiger partial charge in [-0.05, 0) is 160 Å². The van der Waals surface area contributed by atoms with Crippen LogP contribution >= 0.6 is 0 Å². The van der Waals surface area contributed by atoms with E-state index in [0.717, 1.165) is 75.4 Å². The zero-order valence-electron chi connectivity index (χ0n) is 65.4. The van der Waals surface area contributed by atoms with Crippen LogP contribution in [0.15, 0.2) is 255 Å². The number of hydrogen-bond acceptors (Lipinski definition) is 20. The van der Waals surface area contributed by atoms with Gasteiger partial charge in [-0.3, -0.25) is 0 Å². The predicted octanol–water partition coefficient (Wildman–Crippen LogP) is 18.6. The van der Waals surface area contributed by atoms with Crippen molar-refractivity contribution in [2.75, 3.05) is 173 Å². The number of hydrogen-bond donors (Lipinski definition) is 0. The first kappa shape index (κ1) is 80.5. The second kappa shape index (κ2) is 42.8. The molecule has 14 aromatic carbocycles. The lowest BCUT2D eigenvalue weighted by Crippen LogP contribution is -2.15. The molecule has 0 atom stereocenters. The van der Waals surface area contributed by atoms with E-state index in [9.17, 15) is 0 Å². The van der Waals surface area contributed by atoms with Gasteiger partial charge in [0.25, 0.3) is 0 Å². The molecule has 0 fully saturated rings. The quantitative estimate of drug-likeness (QED) is 0.0328. The Labute approximate surface area is 674 Å². The third-order valence-electron chi connectivity index (χ3n) is 18.9. The summed E-state index contributed by atoms with van der Waals surface area (Å²) in [6.45, 7) is 7.68. The van der Waals surface area contributed by atoms with Crippen molar-refractivity contribution >= 4 is 75.4 Å². The lowest BCUT2D eigenvalue weighted by Gasteiger charge is -2.16. The van der Waals surface area contributed by atoms with Crippen LogP contribution in [0.25, 0.3) is 75.4 Å². The lowest BCUT2D eigenvalue weighted by atomic mass is 10.1. The zero-order valence-corrected chi connectivity index (χ0v) is 65.4. The van der Waals surface area contributed by atoms with E-state index in [1.54, 1.807) is 14.2 Å². The molecule has 0 saturated carbocycles. The lowest BCUT2D eigenvalue weighted by molar-refractivity contribution is 0.0651. The van der Waals surface area contributed by atoms with E-state index in [1.165, 1.54) is 0 Å². The Morgan fingerprint density at radius 1 is 0.129 bits per heavy atom. The summed E-state index contributed by atoms with van der Waals surface area (Å²) in [6.07, 6.45) is 0. The molecular weight excluding hydrogens is 1470 g/mol. The van der Waals surface area contributed by atoms with Gasteiger partial charge in [-0.2, -0.15) is 0 Å². The summed E-state index contributed by atoms with van der Waals surface area (Å²) in [7, 11) is 3.28. The first-order valence-electron chi connectivity index (χ1n) is 39.2. The van der Waals surface area contributed by atoms with Crippen molar-refractivity contribution in [3.8, 4) is 80.5 Å². The Morgan fingerprint density at radius 2 is 0.224 bits per heavy atom. The fourth-order valence-corrected chi connectivity index (χ4v) is 13.2. The second-order valence-corrected chi connectivity index (χ2v) is 26.8. The van der Waals surface area contributed by atoms with Gasteiger partial charge in [0.05, 0.1) is 93.5 Å². The summed E-state index contributed by atoms with van der Waals surface area (Å²) in [5, 5.41) is 14.6. The van der Waals surface area contributed by atoms with E-state index in [-0.39, 0.29) is 39.6 Å². The molecule has 0 radical (unpaired) electrons. The highest BCUT2D eigenvalue weighted by atomic mass is 16.6. The molecule has 0 heterocycles. The molecule has 20 heteroatoms. The maximum absolute atomic E-state index is 6.32. The van der Waals surface area contributed by atoms with Crippen molar-refractivity contribution < 1.29 is 94.7 Å². The molecule has 0 spiro atoms. The summed E-state index contributed by atoms with van der Waals surface area (Å²) in [4.78, 5) is 0. The Hall–Kier alpha value is -12.1. The van der Waals surface area contributed by atoms with E-state index < -0.39 is 0 Å². The van der Waals surface area contributed by atoms with Crippen LogP contribution in [0.1, 0.15) is 0 Å². The standard InChI is InChI=1S/C96H96O20/c1-97-83-55-69-17-3-5-19-71(69)57-85(83)105-43-31-99-33-45-107-87-59-73-21-7-9-23-75(73)61-89(87)109-47-35-101-37-49-111-91-63-77-25-11-13-27-79(77)65-93(91)113-51-39-103-41-53-115-95-67-81-29-15-16-30-82(81)68-96(95)116-54-42-104-40-52-114-94-66-80-28-14-12-26-78(80)64-92(94)112-50-38-102-36-48-110-90-62-76-24-10-8-22-74(76)60-88(90)108-46-34-100-32-44-106-86-58-72-20-6-4-18-70(72)56-84(86)98-2/h3-30,55-68H,31-54H2,1-2H3. The van der Waals surface area contributed by atoms with Gasteiger partial charge >= 0.3 is 0 Å². The molecule has 14 aromatic rings. The molecule has 116 heavy (non-hydrogen) atoms. The van der Waals surface area contributed by atoms with Crippen LogP contribution in [0.4, 0.5) is 0 Å². The van der Waals surface area contributed by atoms with Crippen LogP contribution in [0.3, 0.4) is 0 Å². The SMILES string of the molecule is COc1cc2ccccc2cc1OCCOCCOc1cc2ccccc2cc1OCCOCCOc1cc2ccccc2cc1OCCOCCOc1cc2ccccc2cc1OCCOCCOc1cc2ccccc2cc1OCCOCCOc1cc2ccccc2cc1OCCOCCOc1cc2ccccc2cc1OC. The Balaban J connectivity index is 0.473. The topological polar surface area (TPSA) is 185 Å². The van der Waals surface area contributed by atoms with E-state index in [1.807, 2.05) is 255 Å². The monoisotopic (exact) mass is 1570 g/mol. The van der Waals surface area contributed by atoms with Crippen molar-refractivity contribution in [3.05, 3.63) is 255 Å². The summed E-state index contributed by atoms with van der Waals surface area (Å²) >= 11 is 0. The fraction of sp³-hybridized carbons (Fsp3) is 0.271. The summed E-state index contributed by atoms with van der Waals surface area (Å²) < 4.78 is 122. The molecule has 14 rings (SSSR count). The minimum absolute atomic E-state index is 0.279. The molecule has 0 amide bonds. The third kappa shape index (κ3) is 22.9. The van der Waals surface area contributed by atoms with Gasteiger partial charge in [0.15, 0.2) is 80.5 Å². The number of benzene rings is 14. The summed E-state index contributed by atoms with van der Waals surface area (Å²) in [6, 6.07) is 84.4. The van der Waals surface area contributed by atoms with Crippen molar-refractivity contribution in [1.29, 1.82) is 0 Å². The van der Waals surface area contributed by atoms with Crippen LogP contribution in [0.5, 0.6) is 80.5 Å². The normalized spacial score (nSPS) is 11.4. The molecule has 0 unspecified atom stereocenters. The highest BCUT2D eigenvalue weighted by Crippen LogP contribution is 2.40. The maximum atomic E-state index is 6.32. The van der Waals surface area contributed by atoms with Gasteiger partial charge in [-0.25, -0.2) is 0 Å². The number of rotatable bonds is 50. The first-order valence-corrected chi connectivity index (χ1v) is 39.2. The zero-order chi connectivity index (χ0) is 79.0. The predicted molar refractivity (Wildman–Crippen MR) is 452 cm³/mol. The average Bonchev–Trinajstić information content (AvgIpc) is 1.01. The van der Waals surface area contributed by atoms with Crippen LogP contribution in [-0.4, -0.2) is 173 Å². The highest BCUT2D eigenvalue weighted by Gasteiger charge is 2.17. The summed E-state index contributed by atoms with van der Waals surface area (Å²) in [5.74, 6) is 8.78. The molecular formula is C96H96O20. The van der Waals surface area contributed by atoms with Gasteiger partial charge < -0.3 is 94.7 Å². The van der Waals surface area contributed by atoms with Crippen molar-refractivity contribution in [1.82, 2.24) is 0 Å². The highest BCUT2D eigenvalue weighted by molar-refractivity contribution is 5.91. The molecule has 0 aromatic heterocycles. The molecule has 0 aliphatic heterocycles. The van der Waals surface area contributed by atoms with E-state index >= 15 is 0 Å². The third-order valence-corrected chi connectivity index (χ3v) is 18.9. The van der Waals surface area contributed by atoms with Gasteiger partial charge in [-0.15, -0.1) is 0 Å². The van der Waals surface area contributed by atoms with Crippen LogP contribution in [0, 0.1) is 0 Å². The molecule has 20 nitrogen and oxygen atoms in total. The van der Waals surface area contributed by atoms with E-state index in [2.05, 4.69) is 0 Å². The smallest absolute Gasteiger partial charge is 0.161 e. The van der Waals surface area contributed by atoms with Crippen LogP contribution in [0.2, 0.25) is 0 Å². The molecule has 600 valence electrons. The second-order valence-electron chi connectivity index (χ2n) is 26.8. The van der Waals surface area contributed by atoms with Crippen molar-refractivity contribution in [2.24, 2.45) is 0 Å². The molecule has 0 aliphatic rings. The number of fused-ring (bicyclic) bond motifs is 7. The molecule has 0 bridgehead atoms. The van der Waals surface area contributed by atoms with Crippen molar-refractivity contribution in [3.63, 3.8) is 0 Å². The van der Waals surface area contributed by atoms with Gasteiger partial charge in [0.2, 0.25) is 0 Å². The Bertz CT molecular complexity index is 5130. The van der Waals surface area contributed by atoms with E-state index in [4.69, 9.17) is 94.7 Å². The minimum atomic E-state index is 0.279. The number of methoxy groups -OCH3 is 2. The van der Waals surface area contributed by atoms with Crippen molar-refractivity contribution in [2.45, 2.75) is 0 Å². The van der Waals surface area contributed by atoms with Gasteiger partial charge in [0.1, 0.15) is 79.3 Å². The molecule has 0 aliphatic carbocycles. The van der Waals surface area contributed by atoms with Gasteiger partial charge in [-0.1, -0.05) is 170 Å². The van der Waals surface area contributed by atoms with Crippen LogP contribution < -0.4 is 66.3 Å². The van der Waals surface area contributed by atoms with E-state index in [0.29, 0.717) is 199 Å². The first-order chi connectivity index (χ1) is 57.4. The fourth-order valence-electron chi connectivity index (χ4n) is 13.2. The Morgan fingerprint density at radius 3 is 0.328 bits per heavy atom. The molecule has 0 saturated heterocycles. The Kier molecular flexibility index (Phi) is 29.7. The van der Waals surface area contributed by atoms with Crippen LogP contribution in [-0.2, 0) is 28.4 Å². The average molecular weight is 1570 g/mol. The summed E-state index contributed by atoms with van der Waals surface area (Å²) in [5.41, 5.74) is 0. The number of ether oxygens (including phenoxy) is 20. The largest absolute Gasteiger partial charge is 0.493 e.